The lowest BCUT2D eigenvalue weighted by atomic mass is 9.95. The van der Waals surface area contributed by atoms with E-state index in [1.54, 1.807) is 20.2 Å². The van der Waals surface area contributed by atoms with E-state index in [1.165, 1.54) is 23.5 Å². The number of phenolic OH excluding ortho intramolecular Hbond substituents is 1. The molecule has 0 aromatic heterocycles. The minimum Gasteiger partial charge on any atom is -0.505 e. The summed E-state index contributed by atoms with van der Waals surface area (Å²) < 4.78 is 31.0. The van der Waals surface area contributed by atoms with Crippen molar-refractivity contribution in [3.05, 3.63) is 23.8 Å². The molecule has 0 bridgehead atoms. The van der Waals surface area contributed by atoms with Crippen molar-refractivity contribution in [2.75, 3.05) is 19.4 Å². The summed E-state index contributed by atoms with van der Waals surface area (Å²) in [6.45, 7) is 0. The van der Waals surface area contributed by atoms with E-state index in [1.807, 2.05) is 0 Å². The number of carbonyl (C=O) groups is 1. The predicted octanol–water partition coefficient (Wildman–Crippen LogP) is 1.48. The highest BCUT2D eigenvalue weighted by Crippen LogP contribution is 2.29. The summed E-state index contributed by atoms with van der Waals surface area (Å²) in [7, 11) is -0.819. The molecule has 0 radical (unpaired) electrons. The maximum absolute atomic E-state index is 12.2. The molecule has 9 nitrogen and oxygen atoms in total. The summed E-state index contributed by atoms with van der Waals surface area (Å²) in [5, 5.41) is 16.4. The lowest BCUT2D eigenvalue weighted by Gasteiger charge is -2.24. The number of phenols is 1. The molecule has 1 aromatic rings. The molecule has 2 aliphatic rings. The number of para-hydroxylation sites is 1. The Balaban J connectivity index is 1.84. The van der Waals surface area contributed by atoms with Crippen molar-refractivity contribution in [2.45, 2.75) is 38.1 Å². The Kier molecular flexibility index (Phi) is 5.36. The number of hydrogen-bond donors (Lipinski definition) is 3. The third-order valence-electron chi connectivity index (χ3n) is 4.51. The van der Waals surface area contributed by atoms with Crippen LogP contribution >= 0.6 is 0 Å². The monoisotopic (exact) mass is 393 g/mol. The molecule has 3 rings (SSSR count). The summed E-state index contributed by atoms with van der Waals surface area (Å²) in [6.07, 6.45) is 5.19. The van der Waals surface area contributed by atoms with Crippen LogP contribution in [-0.2, 0) is 10.2 Å². The van der Waals surface area contributed by atoms with Crippen LogP contribution in [0.4, 0.5) is 5.69 Å². The van der Waals surface area contributed by atoms with E-state index in [0.29, 0.717) is 0 Å². The van der Waals surface area contributed by atoms with Gasteiger partial charge in [-0.05, 0) is 25.0 Å². The van der Waals surface area contributed by atoms with Gasteiger partial charge in [-0.3, -0.25) is 4.79 Å². The van der Waals surface area contributed by atoms with Gasteiger partial charge in [-0.15, -0.1) is 8.80 Å². The van der Waals surface area contributed by atoms with Gasteiger partial charge >= 0.3 is 10.2 Å². The summed E-state index contributed by atoms with van der Waals surface area (Å²) in [5.74, 6) is -0.512. The Morgan fingerprint density at radius 2 is 1.81 bits per heavy atom. The molecule has 0 atom stereocenters. The third kappa shape index (κ3) is 4.38. The minimum absolute atomic E-state index is 0.00493. The maximum Gasteiger partial charge on any atom is 0.367 e. The van der Waals surface area contributed by atoms with Gasteiger partial charge in [-0.1, -0.05) is 25.3 Å². The first kappa shape index (κ1) is 19.2. The third-order valence-corrected chi connectivity index (χ3v) is 5.34. The number of amidine groups is 2. The molecule has 1 aromatic carbocycles. The number of nitrogens with zero attached hydrogens (tertiary/aromatic N) is 3. The SMILES string of the molecule is CN(C)C(=O)c1cccc(NC2=NS(=O)(=O)N=C2NC2CCCCC2)c1O. The number of nitrogens with one attached hydrogen (secondary N) is 2. The van der Waals surface area contributed by atoms with E-state index < -0.39 is 10.2 Å². The van der Waals surface area contributed by atoms with Crippen LogP contribution in [0.1, 0.15) is 42.5 Å². The van der Waals surface area contributed by atoms with Crippen LogP contribution < -0.4 is 10.6 Å². The Hall–Kier alpha value is -2.62. The van der Waals surface area contributed by atoms with Crippen LogP contribution in [0.15, 0.2) is 27.0 Å². The standard InChI is InChI=1S/C17H23N5O4S/c1-22(2)17(24)12-9-6-10-13(14(12)23)19-16-15(20-27(25,26)21-16)18-11-7-4-3-5-8-11/h6,9-11,23H,3-5,7-8H2,1-2H3,(H,18,20)(H,19,21). The normalized spacial score (nSPS) is 19.2. The molecule has 1 heterocycles. The molecule has 1 aliphatic carbocycles. The molecule has 1 amide bonds. The first-order chi connectivity index (χ1) is 12.8. The van der Waals surface area contributed by atoms with Crippen LogP contribution in [0.3, 0.4) is 0 Å². The van der Waals surface area contributed by atoms with E-state index >= 15 is 0 Å². The fourth-order valence-electron chi connectivity index (χ4n) is 3.14. The molecule has 1 aliphatic heterocycles. The zero-order valence-corrected chi connectivity index (χ0v) is 16.1. The van der Waals surface area contributed by atoms with Gasteiger partial charge in [0.1, 0.15) is 0 Å². The first-order valence-electron chi connectivity index (χ1n) is 8.79. The Bertz CT molecular complexity index is 902. The van der Waals surface area contributed by atoms with Crippen LogP contribution in [0.5, 0.6) is 5.75 Å². The summed E-state index contributed by atoms with van der Waals surface area (Å²) >= 11 is 0. The second kappa shape index (κ2) is 7.55. The Morgan fingerprint density at radius 1 is 1.15 bits per heavy atom. The van der Waals surface area contributed by atoms with Crippen LogP contribution in [0, 0.1) is 0 Å². The molecule has 1 saturated carbocycles. The van der Waals surface area contributed by atoms with Gasteiger partial charge in [0.05, 0.1) is 11.3 Å². The van der Waals surface area contributed by atoms with Crippen molar-refractivity contribution >= 4 is 33.5 Å². The average molecular weight is 393 g/mol. The van der Waals surface area contributed by atoms with Crippen molar-refractivity contribution in [1.29, 1.82) is 0 Å². The second-order valence-corrected chi connectivity index (χ2v) is 8.09. The zero-order chi connectivity index (χ0) is 19.6. The number of carbonyl (C=O) groups excluding carboxylic acids is 1. The van der Waals surface area contributed by atoms with Crippen molar-refractivity contribution in [2.24, 2.45) is 8.80 Å². The first-order valence-corrected chi connectivity index (χ1v) is 10.2. The van der Waals surface area contributed by atoms with Gasteiger partial charge in [0.2, 0.25) is 0 Å². The van der Waals surface area contributed by atoms with Crippen molar-refractivity contribution in [3.63, 3.8) is 0 Å². The summed E-state index contributed by atoms with van der Waals surface area (Å²) in [5.41, 5.74) is 0.280. The molecular formula is C17H23N5O4S. The van der Waals surface area contributed by atoms with Gasteiger partial charge in [-0.2, -0.15) is 8.42 Å². The number of aromatic hydroxyl groups is 1. The van der Waals surface area contributed by atoms with E-state index in [4.69, 9.17) is 0 Å². The van der Waals surface area contributed by atoms with E-state index in [9.17, 15) is 18.3 Å². The maximum atomic E-state index is 12.2. The highest BCUT2D eigenvalue weighted by molar-refractivity contribution is 7.89. The molecular weight excluding hydrogens is 370 g/mol. The predicted molar refractivity (Wildman–Crippen MR) is 104 cm³/mol. The van der Waals surface area contributed by atoms with Crippen LogP contribution in [0.25, 0.3) is 0 Å². The van der Waals surface area contributed by atoms with Gasteiger partial charge in [0, 0.05) is 20.1 Å². The molecule has 146 valence electrons. The highest BCUT2D eigenvalue weighted by atomic mass is 32.2. The quantitative estimate of drug-likeness (QED) is 0.669. The molecule has 10 heteroatoms. The lowest BCUT2D eigenvalue weighted by molar-refractivity contribution is 0.0824. The van der Waals surface area contributed by atoms with Crippen molar-refractivity contribution in [3.8, 4) is 5.75 Å². The smallest absolute Gasteiger partial charge is 0.367 e. The largest absolute Gasteiger partial charge is 0.505 e. The zero-order valence-electron chi connectivity index (χ0n) is 15.3. The number of anilines is 1. The van der Waals surface area contributed by atoms with Crippen LogP contribution in [0.2, 0.25) is 0 Å². The van der Waals surface area contributed by atoms with Crippen LogP contribution in [-0.4, -0.2) is 56.1 Å². The Morgan fingerprint density at radius 3 is 2.48 bits per heavy atom. The highest BCUT2D eigenvalue weighted by Gasteiger charge is 2.28. The Labute approximate surface area is 158 Å². The number of amides is 1. The van der Waals surface area contributed by atoms with E-state index in [0.717, 1.165) is 25.7 Å². The molecule has 1 fully saturated rings. The molecule has 27 heavy (non-hydrogen) atoms. The van der Waals surface area contributed by atoms with E-state index in [-0.39, 0.29) is 40.6 Å². The fraction of sp³-hybridized carbons (Fsp3) is 0.471. The van der Waals surface area contributed by atoms with Gasteiger partial charge in [0.15, 0.2) is 17.4 Å². The van der Waals surface area contributed by atoms with Gasteiger partial charge in [-0.25, -0.2) is 0 Å². The average Bonchev–Trinajstić information content (AvgIpc) is 2.90. The molecule has 0 spiro atoms. The van der Waals surface area contributed by atoms with Gasteiger partial charge in [0.25, 0.3) is 5.91 Å². The van der Waals surface area contributed by atoms with Crippen molar-refractivity contribution in [1.82, 2.24) is 10.2 Å². The molecule has 0 unspecified atom stereocenters. The van der Waals surface area contributed by atoms with Gasteiger partial charge < -0.3 is 20.6 Å². The topological polar surface area (TPSA) is 123 Å². The minimum atomic E-state index is -3.97. The lowest BCUT2D eigenvalue weighted by Crippen LogP contribution is -2.41. The summed E-state index contributed by atoms with van der Waals surface area (Å²) in [6, 6.07) is 4.75. The molecule has 3 N–H and O–H groups in total. The summed E-state index contributed by atoms with van der Waals surface area (Å²) in [4.78, 5) is 13.5. The molecule has 0 saturated heterocycles. The number of benzene rings is 1. The second-order valence-electron chi connectivity index (χ2n) is 6.83. The number of rotatable bonds is 3. The fourth-order valence-corrected chi connectivity index (χ4v) is 3.91. The number of hydrogen-bond acceptors (Lipinski definition) is 6. The van der Waals surface area contributed by atoms with E-state index in [2.05, 4.69) is 19.4 Å². The van der Waals surface area contributed by atoms with Crippen molar-refractivity contribution < 1.29 is 18.3 Å².